The van der Waals surface area contributed by atoms with Crippen molar-refractivity contribution in [2.24, 2.45) is 17.6 Å². The summed E-state index contributed by atoms with van der Waals surface area (Å²) in [7, 11) is 5.53. The zero-order valence-electron chi connectivity index (χ0n) is 23.0. The second-order valence-corrected chi connectivity index (χ2v) is 11.8. The number of carbonyl (C=O) groups excluding carboxylic acids is 1. The van der Waals surface area contributed by atoms with Crippen LogP contribution in [-0.4, -0.2) is 80.2 Å². The van der Waals surface area contributed by atoms with Gasteiger partial charge in [0, 0.05) is 32.9 Å². The Labute approximate surface area is 212 Å². The molecule has 2 heterocycles. The van der Waals surface area contributed by atoms with Crippen molar-refractivity contribution < 1.29 is 33.0 Å². The van der Waals surface area contributed by atoms with Gasteiger partial charge in [-0.3, -0.25) is 4.57 Å². The van der Waals surface area contributed by atoms with Gasteiger partial charge in [0.1, 0.15) is 11.4 Å². The van der Waals surface area contributed by atoms with Gasteiger partial charge in [-0.1, -0.05) is 13.8 Å². The van der Waals surface area contributed by atoms with Crippen molar-refractivity contribution in [1.29, 1.82) is 0 Å². The predicted octanol–water partition coefficient (Wildman–Crippen LogP) is 3.71. The lowest BCUT2D eigenvalue weighted by Crippen LogP contribution is -2.57. The van der Waals surface area contributed by atoms with Gasteiger partial charge in [0.15, 0.2) is 14.8 Å². The van der Waals surface area contributed by atoms with E-state index in [1.807, 2.05) is 34.9 Å². The molecule has 0 saturated carbocycles. The molecule has 9 nitrogen and oxygen atoms in total. The van der Waals surface area contributed by atoms with Crippen molar-refractivity contribution in [3.63, 3.8) is 0 Å². The van der Waals surface area contributed by atoms with Crippen LogP contribution in [0.2, 0.25) is 0 Å². The zero-order valence-corrected chi connectivity index (χ0v) is 23.9. The van der Waals surface area contributed by atoms with Crippen LogP contribution in [0.25, 0.3) is 0 Å². The molecule has 202 valence electrons. The Bertz CT molecular complexity index is 790. The molecule has 0 amide bonds. The monoisotopic (exact) mass is 516 g/mol. The summed E-state index contributed by atoms with van der Waals surface area (Å²) >= 11 is 0. The molecule has 1 saturated heterocycles. The van der Waals surface area contributed by atoms with Crippen LogP contribution in [-0.2, 0) is 33.0 Å². The summed E-state index contributed by atoms with van der Waals surface area (Å²) in [5.74, 6) is -1.30. The number of hydrogen-bond acceptors (Lipinski definition) is 9. The van der Waals surface area contributed by atoms with Crippen molar-refractivity contribution in [2.75, 3.05) is 27.7 Å². The maximum Gasteiger partial charge on any atom is 0.340 e. The number of nitrogens with zero attached hydrogens (tertiary/aromatic N) is 1. The Morgan fingerprint density at radius 2 is 1.91 bits per heavy atom. The number of cyclic esters (lactones) is 1. The van der Waals surface area contributed by atoms with Crippen LogP contribution in [0.5, 0.6) is 0 Å². The van der Waals surface area contributed by atoms with Gasteiger partial charge in [0.05, 0.1) is 23.4 Å². The van der Waals surface area contributed by atoms with Crippen LogP contribution in [0.3, 0.4) is 0 Å². The van der Waals surface area contributed by atoms with Crippen LogP contribution >= 0.6 is 8.46 Å². The molecular formula is C25H45N2O7P. The predicted molar refractivity (Wildman–Crippen MR) is 134 cm³/mol. The van der Waals surface area contributed by atoms with Crippen molar-refractivity contribution >= 4 is 14.4 Å². The second kappa shape index (κ2) is 12.0. The minimum atomic E-state index is -1.11. The van der Waals surface area contributed by atoms with Crippen LogP contribution in [0.15, 0.2) is 11.3 Å². The topological polar surface area (TPSA) is 110 Å². The van der Waals surface area contributed by atoms with E-state index in [0.717, 1.165) is 6.42 Å². The fraction of sp³-hybridized carbons (Fsp3) is 0.880. The van der Waals surface area contributed by atoms with E-state index in [1.54, 1.807) is 27.9 Å². The summed E-state index contributed by atoms with van der Waals surface area (Å²) in [6, 6.07) is 0.0106. The molecule has 2 aliphatic heterocycles. The van der Waals surface area contributed by atoms with Gasteiger partial charge in [-0.15, -0.1) is 0 Å². The normalized spacial score (nSPS) is 31.5. The highest BCUT2D eigenvalue weighted by Gasteiger charge is 2.49. The van der Waals surface area contributed by atoms with E-state index in [2.05, 4.69) is 11.8 Å². The van der Waals surface area contributed by atoms with Crippen LogP contribution < -0.4 is 5.73 Å². The van der Waals surface area contributed by atoms with E-state index < -0.39 is 41.3 Å². The summed E-state index contributed by atoms with van der Waals surface area (Å²) in [5.41, 5.74) is 5.15. The number of nitrogens with two attached hydrogens (primary N) is 1. The first-order valence-corrected chi connectivity index (χ1v) is 13.3. The molecule has 0 aliphatic carbocycles. The largest absolute Gasteiger partial charge is 0.456 e. The molecule has 1 fully saturated rings. The van der Waals surface area contributed by atoms with E-state index in [0.29, 0.717) is 24.3 Å². The van der Waals surface area contributed by atoms with Crippen LogP contribution in [0, 0.1) is 11.8 Å². The fourth-order valence-corrected chi connectivity index (χ4v) is 5.90. The Kier molecular flexibility index (Phi) is 10.3. The average Bonchev–Trinajstić information content (AvgIpc) is 2.78. The average molecular weight is 517 g/mol. The Hall–Kier alpha value is -1.09. The fourth-order valence-electron chi connectivity index (χ4n) is 5.14. The standard InChI is InChI=1S/C25H45N2O7P/c1-14(13-26)12-25(7,30-10)21(16(3)19-17(4)22(28)34-24(5,6)33-19)32-23-20(35-29)18(27(8)9)11-15(2)31-23/h14-16,18,20-21,23H,11-13,26H2,1-10H3/t14-,15?,16+,18?,20?,21-,23+,25-/m1/s1. The number of hydrogen-bond donors (Lipinski definition) is 1. The summed E-state index contributed by atoms with van der Waals surface area (Å²) in [4.78, 5) is 14.7. The van der Waals surface area contributed by atoms with Crippen molar-refractivity contribution in [1.82, 2.24) is 4.90 Å². The minimum absolute atomic E-state index is 0.0106. The van der Waals surface area contributed by atoms with E-state index in [9.17, 15) is 9.36 Å². The molecule has 2 rings (SSSR count). The van der Waals surface area contributed by atoms with E-state index in [1.165, 1.54) is 0 Å². The summed E-state index contributed by atoms with van der Waals surface area (Å²) < 4.78 is 42.9. The minimum Gasteiger partial charge on any atom is -0.456 e. The first-order chi connectivity index (χ1) is 16.2. The highest BCUT2D eigenvalue weighted by molar-refractivity contribution is 7.24. The van der Waals surface area contributed by atoms with Gasteiger partial charge in [0.2, 0.25) is 5.79 Å². The third-order valence-corrected chi connectivity index (χ3v) is 7.97. The van der Waals surface area contributed by atoms with Gasteiger partial charge in [-0.05, 0) is 60.2 Å². The van der Waals surface area contributed by atoms with Crippen LogP contribution in [0.4, 0.5) is 0 Å². The first kappa shape index (κ1) is 30.1. The quantitative estimate of drug-likeness (QED) is 0.325. The van der Waals surface area contributed by atoms with Crippen molar-refractivity contribution in [2.45, 2.75) is 103 Å². The number of ether oxygens (including phenoxy) is 5. The summed E-state index contributed by atoms with van der Waals surface area (Å²) in [6.07, 6.45) is -0.0835. The van der Waals surface area contributed by atoms with Gasteiger partial charge in [0.25, 0.3) is 0 Å². The first-order valence-electron chi connectivity index (χ1n) is 12.4. The molecular weight excluding hydrogens is 471 g/mol. The SMILES string of the molecule is CO[C@](C)(C[C@@H](C)CN)[C@H](O[C@@H]1OC(C)CC(N(C)C)C1P=O)[C@@H](C)C1=C(C)C(=O)OC(C)(C)O1. The molecule has 0 aromatic carbocycles. The number of carbonyl (C=O) groups is 1. The Morgan fingerprint density at radius 1 is 1.29 bits per heavy atom. The summed E-state index contributed by atoms with van der Waals surface area (Å²) in [6.45, 7) is 13.5. The molecule has 2 N–H and O–H groups in total. The summed E-state index contributed by atoms with van der Waals surface area (Å²) in [5, 5.41) is 0. The molecule has 0 radical (unpaired) electrons. The number of methoxy groups -OCH3 is 1. The zero-order chi connectivity index (χ0) is 26.7. The molecule has 0 spiro atoms. The van der Waals surface area contributed by atoms with Gasteiger partial charge < -0.3 is 34.3 Å². The molecule has 8 atom stereocenters. The smallest absolute Gasteiger partial charge is 0.340 e. The van der Waals surface area contributed by atoms with Crippen molar-refractivity contribution in [3.05, 3.63) is 11.3 Å². The highest BCUT2D eigenvalue weighted by atomic mass is 31.1. The lowest BCUT2D eigenvalue weighted by atomic mass is 9.80. The van der Waals surface area contributed by atoms with Gasteiger partial charge in [-0.2, -0.15) is 0 Å². The van der Waals surface area contributed by atoms with E-state index in [-0.39, 0.29) is 26.5 Å². The van der Waals surface area contributed by atoms with E-state index >= 15 is 0 Å². The number of rotatable bonds is 11. The molecule has 0 aromatic heterocycles. The molecule has 0 aromatic rings. The molecule has 3 unspecified atom stereocenters. The third kappa shape index (κ3) is 7.02. The molecule has 2 aliphatic rings. The maximum absolute atomic E-state index is 12.6. The molecule has 10 heteroatoms. The second-order valence-electron chi connectivity index (χ2n) is 11.0. The number of esters is 1. The van der Waals surface area contributed by atoms with Gasteiger partial charge in [-0.25, -0.2) is 4.79 Å². The molecule has 35 heavy (non-hydrogen) atoms. The maximum atomic E-state index is 12.6. The molecule has 0 bridgehead atoms. The third-order valence-electron chi connectivity index (χ3n) is 7.14. The Morgan fingerprint density at radius 3 is 2.43 bits per heavy atom. The Balaban J connectivity index is 2.54. The van der Waals surface area contributed by atoms with Crippen LogP contribution in [0.1, 0.15) is 61.3 Å². The lowest BCUT2D eigenvalue weighted by Gasteiger charge is -2.47. The highest BCUT2D eigenvalue weighted by Crippen LogP contribution is 2.41. The van der Waals surface area contributed by atoms with E-state index in [4.69, 9.17) is 29.4 Å². The lowest BCUT2D eigenvalue weighted by molar-refractivity contribution is -0.266. The van der Waals surface area contributed by atoms with Gasteiger partial charge >= 0.3 is 5.97 Å². The van der Waals surface area contributed by atoms with Crippen molar-refractivity contribution in [3.8, 4) is 0 Å².